The number of halogens is 2. The first-order valence-electron chi connectivity index (χ1n) is 8.71. The molecular formula is C19H21Cl2NO3S. The Hall–Kier alpha value is -1.30. The molecule has 0 unspecified atom stereocenters. The molecule has 0 radical (unpaired) electrons. The van der Waals surface area contributed by atoms with Gasteiger partial charge in [-0.3, -0.25) is 4.79 Å². The third-order valence-corrected chi connectivity index (χ3v) is 7.04. The van der Waals surface area contributed by atoms with Crippen molar-refractivity contribution in [1.82, 2.24) is 5.32 Å². The molecule has 1 heterocycles. The maximum absolute atomic E-state index is 12.3. The summed E-state index contributed by atoms with van der Waals surface area (Å²) >= 11 is 13.5. The van der Waals surface area contributed by atoms with Gasteiger partial charge in [-0.1, -0.05) is 56.0 Å². The van der Waals surface area contributed by atoms with Crippen LogP contribution in [0.3, 0.4) is 0 Å². The van der Waals surface area contributed by atoms with Crippen molar-refractivity contribution < 1.29 is 14.3 Å². The number of nitrogens with one attached hydrogen (secondary N) is 1. The minimum atomic E-state index is -0.590. The first kappa shape index (κ1) is 19.5. The van der Waals surface area contributed by atoms with Crippen molar-refractivity contribution in [2.45, 2.75) is 39.2 Å². The molecule has 26 heavy (non-hydrogen) atoms. The Morgan fingerprint density at radius 2 is 2.04 bits per heavy atom. The molecule has 2 aromatic rings. The number of thiophene rings is 1. The molecule has 1 fully saturated rings. The lowest BCUT2D eigenvalue weighted by Gasteiger charge is -2.34. The van der Waals surface area contributed by atoms with Gasteiger partial charge in [-0.2, -0.15) is 0 Å². The van der Waals surface area contributed by atoms with Crippen molar-refractivity contribution in [3.8, 4) is 0 Å². The zero-order valence-electron chi connectivity index (χ0n) is 14.7. The number of benzene rings is 1. The molecule has 0 aliphatic heterocycles. The Morgan fingerprint density at radius 1 is 1.27 bits per heavy atom. The lowest BCUT2D eigenvalue weighted by atomic mass is 9.78. The summed E-state index contributed by atoms with van der Waals surface area (Å²) in [5.74, 6) is 0.142. The van der Waals surface area contributed by atoms with Crippen LogP contribution in [-0.2, 0) is 9.53 Å². The molecule has 3 rings (SSSR count). The monoisotopic (exact) mass is 413 g/mol. The Morgan fingerprint density at radius 3 is 2.81 bits per heavy atom. The first-order chi connectivity index (χ1) is 12.4. The van der Waals surface area contributed by atoms with Crippen LogP contribution >= 0.6 is 34.5 Å². The first-order valence-corrected chi connectivity index (χ1v) is 10.3. The second-order valence-corrected chi connectivity index (χ2v) is 8.77. The zero-order chi connectivity index (χ0) is 18.8. The van der Waals surface area contributed by atoms with E-state index in [0.29, 0.717) is 21.9 Å². The fraction of sp³-hybridized carbons (Fsp3) is 0.474. The third-order valence-electron chi connectivity index (χ3n) is 5.16. The van der Waals surface area contributed by atoms with Gasteiger partial charge in [-0.05, 0) is 30.4 Å². The predicted molar refractivity (Wildman–Crippen MR) is 106 cm³/mol. The average molecular weight is 414 g/mol. The van der Waals surface area contributed by atoms with Crippen LogP contribution in [0, 0.1) is 11.8 Å². The van der Waals surface area contributed by atoms with Crippen LogP contribution in [0.1, 0.15) is 42.8 Å². The minimum absolute atomic E-state index is 0.139. The number of carbonyl (C=O) groups is 2. The van der Waals surface area contributed by atoms with E-state index in [2.05, 4.69) is 19.2 Å². The predicted octanol–water partition coefficient (Wildman–Crippen LogP) is 5.31. The second-order valence-electron chi connectivity index (χ2n) is 6.90. The molecule has 0 spiro atoms. The molecular weight excluding hydrogens is 393 g/mol. The number of carbonyl (C=O) groups excluding carboxylic acids is 2. The summed E-state index contributed by atoms with van der Waals surface area (Å²) in [6.07, 6.45) is 3.27. The fourth-order valence-corrected chi connectivity index (χ4v) is 5.08. The molecule has 1 aromatic carbocycles. The number of ether oxygens (including phenoxy) is 1. The molecule has 0 bridgehead atoms. The van der Waals surface area contributed by atoms with Crippen LogP contribution < -0.4 is 5.32 Å². The van der Waals surface area contributed by atoms with Crippen molar-refractivity contribution in [3.05, 3.63) is 33.1 Å². The van der Waals surface area contributed by atoms with Crippen molar-refractivity contribution in [2.24, 2.45) is 11.8 Å². The van der Waals surface area contributed by atoms with E-state index in [1.54, 1.807) is 18.2 Å². The maximum Gasteiger partial charge on any atom is 0.350 e. The van der Waals surface area contributed by atoms with Crippen molar-refractivity contribution in [3.63, 3.8) is 0 Å². The van der Waals surface area contributed by atoms with E-state index in [1.807, 2.05) is 0 Å². The van der Waals surface area contributed by atoms with Gasteiger partial charge in [0.05, 0.1) is 5.02 Å². The van der Waals surface area contributed by atoms with Gasteiger partial charge >= 0.3 is 5.97 Å². The highest BCUT2D eigenvalue weighted by atomic mass is 35.5. The SMILES string of the molecule is C[C@@H]1[C@@H](C)CCC[C@H]1NC(=O)COC(=O)c1sc2cc(Cl)ccc2c1Cl. The molecule has 1 aliphatic rings. The van der Waals surface area contributed by atoms with Gasteiger partial charge in [0, 0.05) is 21.2 Å². The Balaban J connectivity index is 1.60. The van der Waals surface area contributed by atoms with Crippen LogP contribution in [0.2, 0.25) is 10.0 Å². The van der Waals surface area contributed by atoms with Crippen LogP contribution in [0.5, 0.6) is 0 Å². The summed E-state index contributed by atoms with van der Waals surface area (Å²) in [5, 5.41) is 4.65. The molecule has 140 valence electrons. The summed E-state index contributed by atoms with van der Waals surface area (Å²) in [4.78, 5) is 24.8. The molecule has 0 saturated heterocycles. The van der Waals surface area contributed by atoms with E-state index in [0.717, 1.165) is 22.9 Å². The minimum Gasteiger partial charge on any atom is -0.451 e. The van der Waals surface area contributed by atoms with Gasteiger partial charge in [-0.15, -0.1) is 11.3 Å². The van der Waals surface area contributed by atoms with Crippen molar-refractivity contribution >= 4 is 56.5 Å². The van der Waals surface area contributed by atoms with E-state index in [4.69, 9.17) is 27.9 Å². The summed E-state index contributed by atoms with van der Waals surface area (Å²) in [5.41, 5.74) is 0. The number of fused-ring (bicyclic) bond motifs is 1. The lowest BCUT2D eigenvalue weighted by Crippen LogP contribution is -2.45. The average Bonchev–Trinajstić information content (AvgIpc) is 2.93. The smallest absolute Gasteiger partial charge is 0.350 e. The zero-order valence-corrected chi connectivity index (χ0v) is 17.0. The largest absolute Gasteiger partial charge is 0.451 e. The highest BCUT2D eigenvalue weighted by Crippen LogP contribution is 2.37. The van der Waals surface area contributed by atoms with Gasteiger partial charge in [0.25, 0.3) is 5.91 Å². The van der Waals surface area contributed by atoms with Crippen molar-refractivity contribution in [1.29, 1.82) is 0 Å². The van der Waals surface area contributed by atoms with Gasteiger partial charge < -0.3 is 10.1 Å². The Labute approximate surface area is 166 Å². The Kier molecular flexibility index (Phi) is 6.10. The second kappa shape index (κ2) is 8.15. The van der Waals surface area contributed by atoms with E-state index < -0.39 is 5.97 Å². The highest BCUT2D eigenvalue weighted by molar-refractivity contribution is 7.21. The summed E-state index contributed by atoms with van der Waals surface area (Å²) < 4.78 is 5.99. The molecule has 4 nitrogen and oxygen atoms in total. The van der Waals surface area contributed by atoms with Gasteiger partial charge in [-0.25, -0.2) is 4.79 Å². The van der Waals surface area contributed by atoms with Crippen LogP contribution in [-0.4, -0.2) is 24.5 Å². The third kappa shape index (κ3) is 4.16. The molecule has 1 amide bonds. The molecule has 3 atom stereocenters. The van der Waals surface area contributed by atoms with Gasteiger partial charge in [0.15, 0.2) is 6.61 Å². The molecule has 7 heteroatoms. The normalized spacial score (nSPS) is 23.0. The lowest BCUT2D eigenvalue weighted by molar-refractivity contribution is -0.125. The number of hydrogen-bond donors (Lipinski definition) is 1. The van der Waals surface area contributed by atoms with E-state index >= 15 is 0 Å². The molecule has 1 N–H and O–H groups in total. The quantitative estimate of drug-likeness (QED) is 0.691. The fourth-order valence-electron chi connectivity index (χ4n) is 3.40. The summed E-state index contributed by atoms with van der Waals surface area (Å²) in [7, 11) is 0. The van der Waals surface area contributed by atoms with Gasteiger partial charge in [0.1, 0.15) is 4.88 Å². The van der Waals surface area contributed by atoms with Crippen LogP contribution in [0.15, 0.2) is 18.2 Å². The van der Waals surface area contributed by atoms with Gasteiger partial charge in [0.2, 0.25) is 0 Å². The number of amides is 1. The molecule has 1 aromatic heterocycles. The number of hydrogen-bond acceptors (Lipinski definition) is 4. The van der Waals surface area contributed by atoms with E-state index in [9.17, 15) is 9.59 Å². The maximum atomic E-state index is 12.3. The summed E-state index contributed by atoms with van der Waals surface area (Å²) in [6.45, 7) is 4.06. The number of esters is 1. The Bertz CT molecular complexity index is 836. The van der Waals surface area contributed by atoms with Crippen LogP contribution in [0.4, 0.5) is 0 Å². The van der Waals surface area contributed by atoms with E-state index in [-0.39, 0.29) is 23.4 Å². The van der Waals surface area contributed by atoms with E-state index in [1.165, 1.54) is 17.8 Å². The van der Waals surface area contributed by atoms with Crippen molar-refractivity contribution in [2.75, 3.05) is 6.61 Å². The molecule has 1 aliphatic carbocycles. The summed E-state index contributed by atoms with van der Waals surface area (Å²) in [6, 6.07) is 5.38. The van der Waals surface area contributed by atoms with Crippen LogP contribution in [0.25, 0.3) is 10.1 Å². The number of rotatable bonds is 4. The molecule has 1 saturated carbocycles. The highest BCUT2D eigenvalue weighted by Gasteiger charge is 2.28. The topological polar surface area (TPSA) is 55.4 Å². The standard InChI is InChI=1S/C19H21Cl2NO3S/c1-10-4-3-5-14(11(10)2)22-16(23)9-25-19(24)18-17(21)13-7-6-12(20)8-15(13)26-18/h6-8,10-11,14H,3-5,9H2,1-2H3,(H,22,23)/t10-,11+,14+/m0/s1.